The Bertz CT molecular complexity index is 757. The van der Waals surface area contributed by atoms with Gasteiger partial charge in [-0.1, -0.05) is 29.8 Å². The molecule has 0 unspecified atom stereocenters. The van der Waals surface area contributed by atoms with Crippen LogP contribution in [-0.4, -0.2) is 19.7 Å². The number of hydrogen-bond donors (Lipinski definition) is 0. The van der Waals surface area contributed by atoms with Crippen molar-refractivity contribution in [2.24, 2.45) is 0 Å². The van der Waals surface area contributed by atoms with E-state index in [4.69, 9.17) is 5.26 Å². The zero-order valence-electron chi connectivity index (χ0n) is 10.6. The third-order valence-corrected chi connectivity index (χ3v) is 3.84. The second kappa shape index (κ2) is 4.82. The molecule has 1 aromatic carbocycles. The topological polar surface area (TPSA) is 70.8 Å². The maximum absolute atomic E-state index is 11.5. The van der Waals surface area contributed by atoms with Crippen molar-refractivity contribution in [3.8, 4) is 17.3 Å². The lowest BCUT2D eigenvalue weighted by atomic mass is 10.1. The van der Waals surface area contributed by atoms with Crippen LogP contribution < -0.4 is 0 Å². The van der Waals surface area contributed by atoms with Crippen LogP contribution in [0.15, 0.2) is 41.3 Å². The van der Waals surface area contributed by atoms with Gasteiger partial charge in [-0.05, 0) is 19.1 Å². The van der Waals surface area contributed by atoms with Crippen LogP contribution in [0.3, 0.4) is 0 Å². The molecule has 0 bridgehead atoms. The normalized spacial score (nSPS) is 11.0. The van der Waals surface area contributed by atoms with Crippen LogP contribution in [0, 0.1) is 18.3 Å². The summed E-state index contributed by atoms with van der Waals surface area (Å²) in [5, 5.41) is 9.02. The van der Waals surface area contributed by atoms with Crippen molar-refractivity contribution in [1.29, 1.82) is 5.26 Å². The smallest absolute Gasteiger partial charge is 0.178 e. The summed E-state index contributed by atoms with van der Waals surface area (Å²) in [6.45, 7) is 1.98. The van der Waals surface area contributed by atoms with Crippen molar-refractivity contribution in [3.63, 3.8) is 0 Å². The van der Waals surface area contributed by atoms with E-state index in [1.807, 2.05) is 37.3 Å². The number of hydrogen-bond acceptors (Lipinski definition) is 4. The number of pyridine rings is 1. The molecule has 0 atom stereocenters. The van der Waals surface area contributed by atoms with Crippen LogP contribution in [0.2, 0.25) is 0 Å². The summed E-state index contributed by atoms with van der Waals surface area (Å²) in [7, 11) is -3.44. The van der Waals surface area contributed by atoms with Gasteiger partial charge < -0.3 is 0 Å². The van der Waals surface area contributed by atoms with Crippen LogP contribution in [0.5, 0.6) is 0 Å². The van der Waals surface area contributed by atoms with E-state index < -0.39 is 9.84 Å². The van der Waals surface area contributed by atoms with Gasteiger partial charge in [0.15, 0.2) is 15.5 Å². The third-order valence-electron chi connectivity index (χ3n) is 2.71. The molecule has 1 heterocycles. The van der Waals surface area contributed by atoms with Crippen molar-refractivity contribution in [1.82, 2.24) is 4.98 Å². The highest BCUT2D eigenvalue weighted by atomic mass is 32.2. The van der Waals surface area contributed by atoms with Crippen LogP contribution in [0.25, 0.3) is 11.3 Å². The molecule has 0 saturated carbocycles. The molecule has 2 rings (SSSR count). The van der Waals surface area contributed by atoms with Gasteiger partial charge in [0.25, 0.3) is 0 Å². The third kappa shape index (κ3) is 2.80. The van der Waals surface area contributed by atoms with Gasteiger partial charge in [-0.15, -0.1) is 0 Å². The molecule has 0 fully saturated rings. The summed E-state index contributed by atoms with van der Waals surface area (Å²) >= 11 is 0. The van der Waals surface area contributed by atoms with E-state index in [1.54, 1.807) is 6.07 Å². The molecular weight excluding hydrogens is 260 g/mol. The Morgan fingerprint density at radius 1 is 1.11 bits per heavy atom. The fourth-order valence-corrected chi connectivity index (χ4v) is 2.47. The standard InChI is InChI=1S/C14H12N2O2S/c1-10-3-5-11(6-4-10)12-7-8-14(19(2,17)18)13(9-15)16-12/h3-8H,1-2H3. The lowest BCUT2D eigenvalue weighted by molar-refractivity contribution is 0.601. The molecule has 0 saturated heterocycles. The zero-order valence-corrected chi connectivity index (χ0v) is 11.4. The highest BCUT2D eigenvalue weighted by Crippen LogP contribution is 2.21. The van der Waals surface area contributed by atoms with Crippen molar-refractivity contribution < 1.29 is 8.42 Å². The molecule has 0 amide bonds. The minimum Gasteiger partial charge on any atom is -0.236 e. The summed E-state index contributed by atoms with van der Waals surface area (Å²) in [6, 6.07) is 12.5. The molecule has 2 aromatic rings. The lowest BCUT2D eigenvalue weighted by Crippen LogP contribution is -2.03. The minimum atomic E-state index is -3.44. The van der Waals surface area contributed by atoms with E-state index in [9.17, 15) is 8.42 Å². The molecule has 4 nitrogen and oxygen atoms in total. The van der Waals surface area contributed by atoms with Gasteiger partial charge in [-0.2, -0.15) is 5.26 Å². The molecular formula is C14H12N2O2S. The first-order chi connectivity index (χ1) is 8.91. The largest absolute Gasteiger partial charge is 0.236 e. The Balaban J connectivity index is 2.58. The molecule has 0 aliphatic carbocycles. The SMILES string of the molecule is Cc1ccc(-c2ccc(S(C)(=O)=O)c(C#N)n2)cc1. The van der Waals surface area contributed by atoms with Gasteiger partial charge >= 0.3 is 0 Å². The van der Waals surface area contributed by atoms with Crippen LogP contribution in [-0.2, 0) is 9.84 Å². The number of nitrogens with zero attached hydrogens (tertiary/aromatic N) is 2. The Kier molecular flexibility index (Phi) is 3.36. The lowest BCUT2D eigenvalue weighted by Gasteiger charge is -2.05. The fraction of sp³-hybridized carbons (Fsp3) is 0.143. The second-order valence-electron chi connectivity index (χ2n) is 4.29. The van der Waals surface area contributed by atoms with Gasteiger partial charge in [-0.25, -0.2) is 13.4 Å². The van der Waals surface area contributed by atoms with Crippen LogP contribution in [0.4, 0.5) is 0 Å². The predicted molar refractivity (Wildman–Crippen MR) is 72.2 cm³/mol. The maximum Gasteiger partial charge on any atom is 0.178 e. The summed E-state index contributed by atoms with van der Waals surface area (Å²) < 4.78 is 23.0. The summed E-state index contributed by atoms with van der Waals surface area (Å²) in [4.78, 5) is 4.08. The van der Waals surface area contributed by atoms with E-state index in [1.165, 1.54) is 6.07 Å². The van der Waals surface area contributed by atoms with E-state index in [0.717, 1.165) is 17.4 Å². The van der Waals surface area contributed by atoms with E-state index in [-0.39, 0.29) is 10.6 Å². The summed E-state index contributed by atoms with van der Waals surface area (Å²) in [5.41, 5.74) is 2.49. The Labute approximate surface area is 112 Å². The van der Waals surface area contributed by atoms with Crippen molar-refractivity contribution in [2.75, 3.05) is 6.26 Å². The number of rotatable bonds is 2. The van der Waals surface area contributed by atoms with Crippen LogP contribution in [0.1, 0.15) is 11.3 Å². The molecule has 0 radical (unpaired) electrons. The monoisotopic (exact) mass is 272 g/mol. The fourth-order valence-electron chi connectivity index (χ4n) is 1.71. The molecule has 0 spiro atoms. The molecule has 0 aliphatic rings. The average molecular weight is 272 g/mol. The molecule has 96 valence electrons. The second-order valence-corrected chi connectivity index (χ2v) is 6.28. The predicted octanol–water partition coefficient (Wildman–Crippen LogP) is 2.33. The number of sulfone groups is 1. The van der Waals surface area contributed by atoms with E-state index >= 15 is 0 Å². The zero-order chi connectivity index (χ0) is 14.0. The number of nitriles is 1. The number of aryl methyl sites for hydroxylation is 1. The molecule has 0 aliphatic heterocycles. The van der Waals surface area contributed by atoms with Crippen molar-refractivity contribution >= 4 is 9.84 Å². The first kappa shape index (κ1) is 13.2. The Morgan fingerprint density at radius 3 is 2.26 bits per heavy atom. The van der Waals surface area contributed by atoms with E-state index in [2.05, 4.69) is 4.98 Å². The summed E-state index contributed by atoms with van der Waals surface area (Å²) in [6.07, 6.45) is 1.07. The number of benzene rings is 1. The van der Waals surface area contributed by atoms with Gasteiger partial charge in [0.05, 0.1) is 5.69 Å². The van der Waals surface area contributed by atoms with E-state index in [0.29, 0.717) is 5.69 Å². The van der Waals surface area contributed by atoms with Crippen LogP contribution >= 0.6 is 0 Å². The molecule has 1 aromatic heterocycles. The first-order valence-corrected chi connectivity index (χ1v) is 7.49. The number of aromatic nitrogens is 1. The average Bonchev–Trinajstić information content (AvgIpc) is 2.38. The Morgan fingerprint density at radius 2 is 1.74 bits per heavy atom. The minimum absolute atomic E-state index is 0.0362. The molecule has 0 N–H and O–H groups in total. The van der Waals surface area contributed by atoms with Crippen molar-refractivity contribution in [3.05, 3.63) is 47.7 Å². The van der Waals surface area contributed by atoms with Crippen molar-refractivity contribution in [2.45, 2.75) is 11.8 Å². The highest BCUT2D eigenvalue weighted by molar-refractivity contribution is 7.90. The molecule has 5 heteroatoms. The van der Waals surface area contributed by atoms with Gasteiger partial charge in [0.2, 0.25) is 0 Å². The van der Waals surface area contributed by atoms with Gasteiger partial charge in [0.1, 0.15) is 11.0 Å². The quantitative estimate of drug-likeness (QED) is 0.841. The highest BCUT2D eigenvalue weighted by Gasteiger charge is 2.15. The maximum atomic E-state index is 11.5. The summed E-state index contributed by atoms with van der Waals surface area (Å²) in [5.74, 6) is 0. The molecule has 19 heavy (non-hydrogen) atoms. The Hall–Kier alpha value is -2.19. The first-order valence-electron chi connectivity index (χ1n) is 5.60. The van der Waals surface area contributed by atoms with Gasteiger partial charge in [0, 0.05) is 11.8 Å². The van der Waals surface area contributed by atoms with Gasteiger partial charge in [-0.3, -0.25) is 0 Å².